The van der Waals surface area contributed by atoms with Gasteiger partial charge in [0.15, 0.2) is 5.65 Å². The zero-order chi connectivity index (χ0) is 20.0. The molecule has 3 aromatic rings. The van der Waals surface area contributed by atoms with Gasteiger partial charge in [-0.25, -0.2) is 4.98 Å². The number of nitrogens with zero attached hydrogens (tertiary/aromatic N) is 5. The molecule has 7 heteroatoms. The Labute approximate surface area is 169 Å². The minimum Gasteiger partial charge on any atom is -0.486 e. The molecule has 1 saturated heterocycles. The molecular formula is C22H24N6O. The van der Waals surface area contributed by atoms with Crippen LogP contribution >= 0.6 is 0 Å². The number of nitriles is 1. The fourth-order valence-electron chi connectivity index (χ4n) is 4.39. The van der Waals surface area contributed by atoms with E-state index in [9.17, 15) is 0 Å². The van der Waals surface area contributed by atoms with Crippen molar-refractivity contribution in [3.63, 3.8) is 0 Å². The van der Waals surface area contributed by atoms with E-state index in [4.69, 9.17) is 15.0 Å². The maximum absolute atomic E-state index is 9.15. The summed E-state index contributed by atoms with van der Waals surface area (Å²) in [6, 6.07) is 7.96. The highest BCUT2D eigenvalue weighted by Gasteiger charge is 2.34. The van der Waals surface area contributed by atoms with Crippen LogP contribution in [-0.4, -0.2) is 46.9 Å². The lowest BCUT2D eigenvalue weighted by molar-refractivity contribution is 0.164. The summed E-state index contributed by atoms with van der Waals surface area (Å²) < 4.78 is 8.29. The van der Waals surface area contributed by atoms with E-state index in [1.165, 1.54) is 11.3 Å². The Morgan fingerprint density at radius 2 is 1.93 bits per heavy atom. The number of aryl methyl sites for hydroxylation is 2. The number of anilines is 1. The van der Waals surface area contributed by atoms with E-state index in [-0.39, 0.29) is 6.10 Å². The van der Waals surface area contributed by atoms with Gasteiger partial charge in [-0.15, -0.1) is 0 Å². The molecule has 2 aromatic heterocycles. The molecule has 29 heavy (non-hydrogen) atoms. The van der Waals surface area contributed by atoms with Crippen LogP contribution in [0.2, 0.25) is 0 Å². The lowest BCUT2D eigenvalue weighted by atomic mass is 10.0. The Morgan fingerprint density at radius 3 is 2.69 bits per heavy atom. The fourth-order valence-corrected chi connectivity index (χ4v) is 4.39. The Morgan fingerprint density at radius 1 is 1.17 bits per heavy atom. The highest BCUT2D eigenvalue weighted by molar-refractivity contribution is 5.59. The summed E-state index contributed by atoms with van der Waals surface area (Å²) in [5, 5.41) is 17.2. The molecule has 2 aliphatic rings. The largest absolute Gasteiger partial charge is 0.486 e. The Bertz CT molecular complexity index is 1100. The third kappa shape index (κ3) is 3.10. The molecule has 148 valence electrons. The standard InChI is InChI=1S/C22H24N6O/c1-14-9-16(11-23)10-15(2)21(14)29-17-12-27(13-17)22-18-3-6-24-7-4-19(18)26-20-5-8-25-28(20)22/h5,8-10,17,24H,3-4,6-7,12-13H2,1-2H3. The Balaban J connectivity index is 1.40. The first-order valence-corrected chi connectivity index (χ1v) is 10.1. The molecule has 5 rings (SSSR count). The zero-order valence-electron chi connectivity index (χ0n) is 16.8. The lowest BCUT2D eigenvalue weighted by Crippen LogP contribution is -2.55. The van der Waals surface area contributed by atoms with E-state index in [0.717, 1.165) is 67.4 Å². The number of fused-ring (bicyclic) bond motifs is 2. The van der Waals surface area contributed by atoms with Crippen LogP contribution in [0, 0.1) is 25.2 Å². The van der Waals surface area contributed by atoms with Crippen molar-refractivity contribution in [2.45, 2.75) is 32.8 Å². The molecular weight excluding hydrogens is 364 g/mol. The normalized spacial score (nSPS) is 16.8. The molecule has 7 nitrogen and oxygen atoms in total. The third-order valence-electron chi connectivity index (χ3n) is 5.80. The Kier molecular flexibility index (Phi) is 4.36. The van der Waals surface area contributed by atoms with Gasteiger partial charge in [0.05, 0.1) is 36.6 Å². The highest BCUT2D eigenvalue weighted by atomic mass is 16.5. The molecule has 2 aliphatic heterocycles. The number of rotatable bonds is 3. The van der Waals surface area contributed by atoms with Crippen molar-refractivity contribution >= 4 is 11.5 Å². The number of hydrogen-bond acceptors (Lipinski definition) is 6. The van der Waals surface area contributed by atoms with E-state index < -0.39 is 0 Å². The zero-order valence-corrected chi connectivity index (χ0v) is 16.8. The second-order valence-electron chi connectivity index (χ2n) is 7.91. The van der Waals surface area contributed by atoms with Crippen molar-refractivity contribution < 1.29 is 4.74 Å². The van der Waals surface area contributed by atoms with Gasteiger partial charge in [0.25, 0.3) is 0 Å². The summed E-state index contributed by atoms with van der Waals surface area (Å²) in [6.45, 7) is 7.57. The second-order valence-corrected chi connectivity index (χ2v) is 7.91. The molecule has 0 radical (unpaired) electrons. The molecule has 0 unspecified atom stereocenters. The van der Waals surface area contributed by atoms with E-state index in [1.807, 2.05) is 42.8 Å². The minimum atomic E-state index is 0.124. The van der Waals surface area contributed by atoms with Gasteiger partial charge in [-0.05, 0) is 50.1 Å². The minimum absolute atomic E-state index is 0.124. The SMILES string of the molecule is Cc1cc(C#N)cc(C)c1OC1CN(c2c3c(nc4ccnn24)CCNCC3)C1. The molecule has 1 aromatic carbocycles. The predicted octanol–water partition coefficient (Wildman–Crippen LogP) is 2.17. The number of benzene rings is 1. The van der Waals surface area contributed by atoms with Crippen molar-refractivity contribution in [1.82, 2.24) is 19.9 Å². The van der Waals surface area contributed by atoms with Gasteiger partial charge in [0.1, 0.15) is 17.7 Å². The van der Waals surface area contributed by atoms with Gasteiger partial charge in [-0.3, -0.25) is 0 Å². The number of hydrogen-bond donors (Lipinski definition) is 1. The van der Waals surface area contributed by atoms with Crippen molar-refractivity contribution in [2.75, 3.05) is 31.1 Å². The molecule has 1 N–H and O–H groups in total. The summed E-state index contributed by atoms with van der Waals surface area (Å²) in [5.41, 5.74) is 6.09. The van der Waals surface area contributed by atoms with Crippen LogP contribution in [0.25, 0.3) is 5.65 Å². The van der Waals surface area contributed by atoms with Gasteiger partial charge in [-0.1, -0.05) is 0 Å². The van der Waals surface area contributed by atoms with Gasteiger partial charge in [0, 0.05) is 24.6 Å². The number of aromatic nitrogens is 3. The van der Waals surface area contributed by atoms with E-state index in [1.54, 1.807) is 0 Å². The van der Waals surface area contributed by atoms with Crippen molar-refractivity contribution in [3.8, 4) is 11.8 Å². The third-order valence-corrected chi connectivity index (χ3v) is 5.80. The van der Waals surface area contributed by atoms with Crippen LogP contribution in [0.3, 0.4) is 0 Å². The van der Waals surface area contributed by atoms with E-state index in [2.05, 4.69) is 21.4 Å². The van der Waals surface area contributed by atoms with Gasteiger partial charge in [0.2, 0.25) is 0 Å². The van der Waals surface area contributed by atoms with E-state index >= 15 is 0 Å². The second kappa shape index (κ2) is 7.05. The monoisotopic (exact) mass is 388 g/mol. The van der Waals surface area contributed by atoms with Crippen LogP contribution < -0.4 is 15.0 Å². The molecule has 0 spiro atoms. The predicted molar refractivity (Wildman–Crippen MR) is 111 cm³/mol. The topological polar surface area (TPSA) is 78.5 Å². The van der Waals surface area contributed by atoms with E-state index in [0.29, 0.717) is 5.56 Å². The summed E-state index contributed by atoms with van der Waals surface area (Å²) in [7, 11) is 0. The summed E-state index contributed by atoms with van der Waals surface area (Å²) in [4.78, 5) is 7.19. The van der Waals surface area contributed by atoms with Gasteiger partial charge in [-0.2, -0.15) is 14.9 Å². The first kappa shape index (κ1) is 18.0. The van der Waals surface area contributed by atoms with Crippen molar-refractivity contribution in [1.29, 1.82) is 5.26 Å². The Hall–Kier alpha value is -3.11. The molecule has 4 heterocycles. The summed E-state index contributed by atoms with van der Waals surface area (Å²) in [6.07, 6.45) is 3.85. The molecule has 0 bridgehead atoms. The molecule has 0 saturated carbocycles. The van der Waals surface area contributed by atoms with Crippen LogP contribution in [0.15, 0.2) is 24.4 Å². The van der Waals surface area contributed by atoms with Crippen molar-refractivity contribution in [3.05, 3.63) is 52.3 Å². The average Bonchev–Trinajstić information content (AvgIpc) is 3.01. The average molecular weight is 388 g/mol. The van der Waals surface area contributed by atoms with Crippen LogP contribution in [0.4, 0.5) is 5.82 Å². The number of ether oxygens (including phenoxy) is 1. The van der Waals surface area contributed by atoms with Gasteiger partial charge >= 0.3 is 0 Å². The molecule has 0 aliphatic carbocycles. The summed E-state index contributed by atoms with van der Waals surface area (Å²) in [5.74, 6) is 2.06. The fraction of sp³-hybridized carbons (Fsp3) is 0.409. The first-order valence-electron chi connectivity index (χ1n) is 10.1. The number of nitrogens with one attached hydrogen (secondary N) is 1. The van der Waals surface area contributed by atoms with Crippen LogP contribution in [0.1, 0.15) is 27.9 Å². The van der Waals surface area contributed by atoms with Crippen LogP contribution in [0.5, 0.6) is 5.75 Å². The van der Waals surface area contributed by atoms with Crippen molar-refractivity contribution in [2.24, 2.45) is 0 Å². The molecule has 0 amide bonds. The quantitative estimate of drug-likeness (QED) is 0.741. The summed E-state index contributed by atoms with van der Waals surface area (Å²) >= 11 is 0. The van der Waals surface area contributed by atoms with Gasteiger partial charge < -0.3 is 15.0 Å². The smallest absolute Gasteiger partial charge is 0.157 e. The molecule has 1 fully saturated rings. The lowest BCUT2D eigenvalue weighted by Gasteiger charge is -2.42. The highest BCUT2D eigenvalue weighted by Crippen LogP contribution is 2.32. The maximum atomic E-state index is 9.15. The molecule has 0 atom stereocenters. The first-order chi connectivity index (χ1) is 14.1. The maximum Gasteiger partial charge on any atom is 0.157 e. The van der Waals surface area contributed by atoms with Crippen LogP contribution in [-0.2, 0) is 12.8 Å².